The predicted octanol–water partition coefficient (Wildman–Crippen LogP) is 6.07. The van der Waals surface area contributed by atoms with Crippen molar-refractivity contribution in [2.24, 2.45) is 0 Å². The zero-order valence-corrected chi connectivity index (χ0v) is 24.1. The number of benzene rings is 3. The molecular weight excluding hydrogens is 539 g/mol. The number of carbonyl (C=O) groups is 2. The first-order chi connectivity index (χ1) is 20.5. The number of likely N-dealkylation sites (tertiary alicyclic amines) is 1. The molecule has 2 heterocycles. The molecule has 3 aromatic carbocycles. The number of halogens is 1. The van der Waals surface area contributed by atoms with Crippen molar-refractivity contribution in [1.29, 1.82) is 0 Å². The smallest absolute Gasteiger partial charge is 0.410 e. The van der Waals surface area contributed by atoms with Crippen molar-refractivity contribution in [3.8, 4) is 11.5 Å². The molecule has 2 amide bonds. The van der Waals surface area contributed by atoms with Crippen molar-refractivity contribution in [2.45, 2.75) is 51.4 Å². The third-order valence-corrected chi connectivity index (χ3v) is 7.79. The summed E-state index contributed by atoms with van der Waals surface area (Å²) in [5, 5.41) is 0. The Balaban J connectivity index is 1.32. The summed E-state index contributed by atoms with van der Waals surface area (Å²) in [4.78, 5) is 29.0. The van der Waals surface area contributed by atoms with Crippen LogP contribution in [-0.2, 0) is 27.5 Å². The number of hydrogen-bond acceptors (Lipinski definition) is 6. The molecule has 2 aliphatic heterocycles. The first kappa shape index (κ1) is 29.4. The highest BCUT2D eigenvalue weighted by Gasteiger charge is 2.35. The van der Waals surface area contributed by atoms with Gasteiger partial charge in [0.2, 0.25) is 0 Å². The van der Waals surface area contributed by atoms with Crippen LogP contribution < -0.4 is 14.4 Å². The molecule has 0 N–H and O–H groups in total. The average molecular weight is 577 g/mol. The number of fused-ring (bicyclic) bond motifs is 1. The van der Waals surface area contributed by atoms with Gasteiger partial charge in [0.05, 0.1) is 32.1 Å². The lowest BCUT2D eigenvalue weighted by atomic mass is 9.87. The van der Waals surface area contributed by atoms with E-state index in [1.165, 1.54) is 13.2 Å². The molecule has 222 valence electrons. The third-order valence-electron chi connectivity index (χ3n) is 7.79. The topological polar surface area (TPSA) is 77.5 Å². The molecule has 0 spiro atoms. The van der Waals surface area contributed by atoms with Gasteiger partial charge < -0.3 is 28.7 Å². The standard InChI is InChI=1S/C33H37FN2O6/c1-3-4-15-36-28-17-24(10-12-30(28)41-22-32(36)37)21-40-31-19-35(33(38)42-20-23-8-6-5-7-9-23)16-14-26(31)25-11-13-29(39-2)27(34)18-25/h5-13,17-18,26,31H,3-4,14-16,19-22H2,1-2H3. The fraction of sp³-hybridized carbons (Fsp3) is 0.394. The highest BCUT2D eigenvalue weighted by Crippen LogP contribution is 2.36. The van der Waals surface area contributed by atoms with E-state index in [4.69, 9.17) is 18.9 Å². The number of amides is 2. The van der Waals surface area contributed by atoms with E-state index in [1.54, 1.807) is 15.9 Å². The fourth-order valence-electron chi connectivity index (χ4n) is 5.46. The van der Waals surface area contributed by atoms with Gasteiger partial charge in [-0.25, -0.2) is 9.18 Å². The Bertz CT molecular complexity index is 1380. The van der Waals surface area contributed by atoms with Gasteiger partial charge in [0.15, 0.2) is 18.2 Å². The van der Waals surface area contributed by atoms with Crippen LogP contribution in [0.15, 0.2) is 66.7 Å². The molecule has 0 radical (unpaired) electrons. The van der Waals surface area contributed by atoms with Crippen molar-refractivity contribution < 1.29 is 32.9 Å². The van der Waals surface area contributed by atoms with E-state index in [9.17, 15) is 14.0 Å². The van der Waals surface area contributed by atoms with Gasteiger partial charge in [-0.3, -0.25) is 4.79 Å². The Morgan fingerprint density at radius 3 is 2.64 bits per heavy atom. The lowest BCUT2D eigenvalue weighted by molar-refractivity contribution is -0.121. The maximum absolute atomic E-state index is 14.7. The second kappa shape index (κ2) is 13.7. The van der Waals surface area contributed by atoms with Crippen LogP contribution in [0, 0.1) is 5.82 Å². The summed E-state index contributed by atoms with van der Waals surface area (Å²) in [7, 11) is 1.43. The largest absolute Gasteiger partial charge is 0.494 e. The average Bonchev–Trinajstić information content (AvgIpc) is 3.02. The van der Waals surface area contributed by atoms with E-state index in [0.717, 1.165) is 35.2 Å². The number of unbranched alkanes of at least 4 members (excludes halogenated alkanes) is 1. The predicted molar refractivity (Wildman–Crippen MR) is 156 cm³/mol. The summed E-state index contributed by atoms with van der Waals surface area (Å²) in [6.45, 7) is 3.92. The van der Waals surface area contributed by atoms with Crippen LogP contribution >= 0.6 is 0 Å². The lowest BCUT2D eigenvalue weighted by Gasteiger charge is -2.38. The van der Waals surface area contributed by atoms with Crippen LogP contribution in [0.4, 0.5) is 14.9 Å². The molecule has 0 saturated carbocycles. The summed E-state index contributed by atoms with van der Waals surface area (Å²) in [5.74, 6) is 0.201. The summed E-state index contributed by atoms with van der Waals surface area (Å²) < 4.78 is 37.5. The molecular formula is C33H37FN2O6. The van der Waals surface area contributed by atoms with Gasteiger partial charge in [-0.15, -0.1) is 0 Å². The van der Waals surface area contributed by atoms with Gasteiger partial charge in [0.25, 0.3) is 5.91 Å². The first-order valence-electron chi connectivity index (χ1n) is 14.4. The zero-order valence-electron chi connectivity index (χ0n) is 24.1. The molecule has 42 heavy (non-hydrogen) atoms. The van der Waals surface area contributed by atoms with Crippen LogP contribution in [0.5, 0.6) is 11.5 Å². The first-order valence-corrected chi connectivity index (χ1v) is 14.4. The minimum Gasteiger partial charge on any atom is -0.494 e. The summed E-state index contributed by atoms with van der Waals surface area (Å²) >= 11 is 0. The molecule has 2 aliphatic rings. The maximum atomic E-state index is 14.7. The van der Waals surface area contributed by atoms with Gasteiger partial charge in [-0.1, -0.05) is 55.8 Å². The SMILES string of the molecule is CCCCN1C(=O)COc2ccc(COC3CN(C(=O)OCc4ccccc4)CCC3c3ccc(OC)c(F)c3)cc21. The molecule has 1 saturated heterocycles. The monoisotopic (exact) mass is 576 g/mol. The van der Waals surface area contributed by atoms with Crippen LogP contribution in [-0.4, -0.2) is 56.4 Å². The maximum Gasteiger partial charge on any atom is 0.410 e. The van der Waals surface area contributed by atoms with E-state index in [-0.39, 0.29) is 37.4 Å². The van der Waals surface area contributed by atoms with Crippen LogP contribution in [0.1, 0.15) is 48.8 Å². The Morgan fingerprint density at radius 1 is 1.05 bits per heavy atom. The van der Waals surface area contributed by atoms with Crippen LogP contribution in [0.25, 0.3) is 0 Å². The van der Waals surface area contributed by atoms with E-state index in [2.05, 4.69) is 6.92 Å². The Hall–Kier alpha value is -4.11. The van der Waals surface area contributed by atoms with Gasteiger partial charge >= 0.3 is 6.09 Å². The second-order valence-electron chi connectivity index (χ2n) is 10.6. The molecule has 9 heteroatoms. The number of rotatable bonds is 10. The van der Waals surface area contributed by atoms with Crippen molar-refractivity contribution >= 4 is 17.7 Å². The van der Waals surface area contributed by atoms with Gasteiger partial charge in [-0.2, -0.15) is 0 Å². The number of carbonyl (C=O) groups excluding carboxylic acids is 2. The number of ether oxygens (including phenoxy) is 4. The highest BCUT2D eigenvalue weighted by atomic mass is 19.1. The molecule has 1 fully saturated rings. The molecule has 8 nitrogen and oxygen atoms in total. The van der Waals surface area contributed by atoms with Gasteiger partial charge in [-0.05, 0) is 53.8 Å². The molecule has 0 aliphatic carbocycles. The summed E-state index contributed by atoms with van der Waals surface area (Å²) in [5.41, 5.74) is 3.30. The van der Waals surface area contributed by atoms with E-state index in [0.29, 0.717) is 31.8 Å². The molecule has 0 aromatic heterocycles. The summed E-state index contributed by atoms with van der Waals surface area (Å²) in [6, 6.07) is 20.2. The fourth-order valence-corrected chi connectivity index (χ4v) is 5.46. The minimum atomic E-state index is -0.440. The molecule has 3 aromatic rings. The van der Waals surface area contributed by atoms with Crippen molar-refractivity contribution in [3.63, 3.8) is 0 Å². The Labute approximate surface area is 245 Å². The molecule has 2 atom stereocenters. The van der Waals surface area contributed by atoms with Gasteiger partial charge in [0, 0.05) is 19.0 Å². The minimum absolute atomic E-state index is 0.0327. The second-order valence-corrected chi connectivity index (χ2v) is 10.6. The Morgan fingerprint density at radius 2 is 1.88 bits per heavy atom. The number of hydrogen-bond donors (Lipinski definition) is 0. The van der Waals surface area contributed by atoms with Crippen molar-refractivity contribution in [2.75, 3.05) is 38.3 Å². The molecule has 5 rings (SSSR count). The van der Waals surface area contributed by atoms with E-state index >= 15 is 0 Å². The quantitative estimate of drug-likeness (QED) is 0.292. The van der Waals surface area contributed by atoms with Crippen LogP contribution in [0.3, 0.4) is 0 Å². The number of piperidine rings is 1. The third kappa shape index (κ3) is 6.85. The van der Waals surface area contributed by atoms with E-state index in [1.807, 2.05) is 54.6 Å². The van der Waals surface area contributed by atoms with Crippen LogP contribution in [0.2, 0.25) is 0 Å². The molecule has 0 bridgehead atoms. The van der Waals surface area contributed by atoms with Gasteiger partial charge in [0.1, 0.15) is 12.4 Å². The zero-order chi connectivity index (χ0) is 29.5. The van der Waals surface area contributed by atoms with E-state index < -0.39 is 18.0 Å². The molecule has 2 unspecified atom stereocenters. The number of methoxy groups -OCH3 is 1. The number of nitrogens with zero attached hydrogens (tertiary/aromatic N) is 2. The van der Waals surface area contributed by atoms with Crippen molar-refractivity contribution in [3.05, 3.63) is 89.2 Å². The summed E-state index contributed by atoms with van der Waals surface area (Å²) in [6.07, 6.45) is 1.62. The number of anilines is 1. The lowest BCUT2D eigenvalue weighted by Crippen LogP contribution is -2.47. The van der Waals surface area contributed by atoms with Crippen molar-refractivity contribution in [1.82, 2.24) is 4.90 Å². The normalized spacial score (nSPS) is 18.3. The highest BCUT2D eigenvalue weighted by molar-refractivity contribution is 5.97. The Kier molecular flexibility index (Phi) is 9.59.